The number of thiophene rings is 1. The fourth-order valence-corrected chi connectivity index (χ4v) is 5.65. The predicted molar refractivity (Wildman–Crippen MR) is 105 cm³/mol. The Labute approximate surface area is 158 Å². The molecule has 8 heteroatoms. The number of pyridine rings is 1. The molecule has 3 heterocycles. The largest absolute Gasteiger partial charge is 0.396 e. The number of ether oxygens (including phenoxy) is 1. The van der Waals surface area contributed by atoms with E-state index in [0.717, 1.165) is 44.9 Å². The van der Waals surface area contributed by atoms with Gasteiger partial charge in [-0.05, 0) is 36.8 Å². The zero-order valence-corrected chi connectivity index (χ0v) is 16.1. The van der Waals surface area contributed by atoms with Crippen molar-refractivity contribution >= 4 is 38.0 Å². The van der Waals surface area contributed by atoms with Gasteiger partial charge in [0.05, 0.1) is 22.2 Å². The molecule has 1 saturated carbocycles. The summed E-state index contributed by atoms with van der Waals surface area (Å²) in [7, 11) is 0.518. The minimum atomic E-state index is -1.13. The fourth-order valence-electron chi connectivity index (χ4n) is 3.02. The minimum absolute atomic E-state index is 0.510. The van der Waals surface area contributed by atoms with E-state index in [4.69, 9.17) is 15.5 Å². The van der Waals surface area contributed by atoms with Crippen molar-refractivity contribution in [2.75, 3.05) is 25.2 Å². The van der Waals surface area contributed by atoms with E-state index in [1.165, 1.54) is 23.2 Å². The van der Waals surface area contributed by atoms with Gasteiger partial charge in [0.15, 0.2) is 0 Å². The molecule has 26 heavy (non-hydrogen) atoms. The lowest BCUT2D eigenvalue weighted by atomic mass is 10.0. The molecule has 0 aliphatic heterocycles. The Bertz CT molecular complexity index is 955. The molecular formula is C18H20N4O2S2. The number of nitrogen functional groups attached to an aromatic ring is 1. The highest BCUT2D eigenvalue weighted by molar-refractivity contribution is 7.87. The maximum absolute atomic E-state index is 12.7. The first-order valence-corrected chi connectivity index (χ1v) is 10.7. The third-order valence-corrected chi connectivity index (χ3v) is 7.45. The van der Waals surface area contributed by atoms with Gasteiger partial charge in [0.2, 0.25) is 0 Å². The highest BCUT2D eigenvalue weighted by Gasteiger charge is 2.29. The molecule has 1 aliphatic carbocycles. The Morgan fingerprint density at radius 1 is 1.35 bits per heavy atom. The van der Waals surface area contributed by atoms with E-state index < -0.39 is 10.8 Å². The lowest BCUT2D eigenvalue weighted by molar-refractivity contribution is 0.200. The van der Waals surface area contributed by atoms with Crippen molar-refractivity contribution in [2.45, 2.75) is 29.4 Å². The normalized spacial score (nSPS) is 15.4. The van der Waals surface area contributed by atoms with Crippen LogP contribution >= 0.6 is 11.3 Å². The Hall–Kier alpha value is -1.90. The lowest BCUT2D eigenvalue weighted by Crippen LogP contribution is -2.02. The number of methoxy groups -OCH3 is 1. The van der Waals surface area contributed by atoms with Crippen molar-refractivity contribution < 1.29 is 8.95 Å². The average molecular weight is 389 g/mol. The van der Waals surface area contributed by atoms with Crippen LogP contribution in [0.25, 0.3) is 21.5 Å². The maximum Gasteiger partial charge on any atom is 0.127 e. The van der Waals surface area contributed by atoms with E-state index in [9.17, 15) is 4.21 Å². The molecule has 1 fully saturated rings. The number of anilines is 1. The van der Waals surface area contributed by atoms with E-state index in [0.29, 0.717) is 24.0 Å². The number of nitrogens with two attached hydrogens (primary N) is 1. The number of rotatable bonds is 7. The smallest absolute Gasteiger partial charge is 0.127 e. The monoisotopic (exact) mass is 388 g/mol. The number of hydrogen-bond acceptors (Lipinski definition) is 7. The Balaban J connectivity index is 1.79. The summed E-state index contributed by atoms with van der Waals surface area (Å²) in [5.41, 5.74) is 9.99. The van der Waals surface area contributed by atoms with Gasteiger partial charge in [-0.2, -0.15) is 0 Å². The molecule has 0 radical (unpaired) electrons. The van der Waals surface area contributed by atoms with Gasteiger partial charge in [0.1, 0.15) is 15.4 Å². The first kappa shape index (κ1) is 17.5. The van der Waals surface area contributed by atoms with Crippen LogP contribution in [-0.2, 0) is 15.5 Å². The minimum Gasteiger partial charge on any atom is -0.396 e. The third kappa shape index (κ3) is 3.36. The van der Waals surface area contributed by atoms with Gasteiger partial charge in [0.25, 0.3) is 0 Å². The quantitative estimate of drug-likeness (QED) is 0.624. The average Bonchev–Trinajstić information content (AvgIpc) is 3.46. The maximum atomic E-state index is 12.7. The van der Waals surface area contributed by atoms with Crippen LogP contribution in [0.5, 0.6) is 0 Å². The van der Waals surface area contributed by atoms with Crippen molar-refractivity contribution in [3.8, 4) is 11.3 Å². The second-order valence-electron chi connectivity index (χ2n) is 6.38. The van der Waals surface area contributed by atoms with Crippen LogP contribution in [0.4, 0.5) is 5.69 Å². The Morgan fingerprint density at radius 2 is 2.12 bits per heavy atom. The molecule has 2 N–H and O–H groups in total. The van der Waals surface area contributed by atoms with E-state index in [1.807, 2.05) is 0 Å². The molecule has 6 nitrogen and oxygen atoms in total. The van der Waals surface area contributed by atoms with Crippen molar-refractivity contribution in [3.63, 3.8) is 0 Å². The second-order valence-corrected chi connectivity index (χ2v) is 9.14. The van der Waals surface area contributed by atoms with E-state index in [2.05, 4.69) is 16.0 Å². The molecule has 0 bridgehead atoms. The summed E-state index contributed by atoms with van der Waals surface area (Å²) in [4.78, 5) is 13.8. The SMILES string of the molecule is COCCC[S@](=O)c1sc2nc(-c3cncnc3)cc(C3CC3)c2c1N. The van der Waals surface area contributed by atoms with Crippen LogP contribution < -0.4 is 5.73 Å². The topological polar surface area (TPSA) is 91.0 Å². The van der Waals surface area contributed by atoms with Crippen molar-refractivity contribution in [3.05, 3.63) is 30.4 Å². The molecule has 0 aromatic carbocycles. The summed E-state index contributed by atoms with van der Waals surface area (Å²) in [6.07, 6.45) is 8.09. The molecule has 0 spiro atoms. The van der Waals surface area contributed by atoms with Crippen molar-refractivity contribution in [1.29, 1.82) is 0 Å². The highest BCUT2D eigenvalue weighted by Crippen LogP contribution is 2.48. The van der Waals surface area contributed by atoms with E-state index >= 15 is 0 Å². The van der Waals surface area contributed by atoms with Crippen LogP contribution in [0, 0.1) is 0 Å². The van der Waals surface area contributed by atoms with Gasteiger partial charge in [-0.3, -0.25) is 4.21 Å². The van der Waals surface area contributed by atoms with Crippen LogP contribution in [0.1, 0.15) is 30.7 Å². The number of aromatic nitrogens is 3. The Morgan fingerprint density at radius 3 is 2.81 bits per heavy atom. The summed E-state index contributed by atoms with van der Waals surface area (Å²) in [5.74, 6) is 1.05. The van der Waals surface area contributed by atoms with Gasteiger partial charge in [-0.15, -0.1) is 11.3 Å². The number of hydrogen-bond donors (Lipinski definition) is 1. The molecule has 3 aromatic rings. The highest BCUT2D eigenvalue weighted by atomic mass is 32.2. The first-order chi connectivity index (χ1) is 12.7. The van der Waals surface area contributed by atoms with E-state index in [-0.39, 0.29) is 0 Å². The number of nitrogens with zero attached hydrogens (tertiary/aromatic N) is 3. The van der Waals surface area contributed by atoms with Gasteiger partial charge in [0, 0.05) is 42.8 Å². The van der Waals surface area contributed by atoms with Gasteiger partial charge < -0.3 is 10.5 Å². The molecule has 4 rings (SSSR count). The molecule has 0 amide bonds. The first-order valence-electron chi connectivity index (χ1n) is 8.54. The van der Waals surface area contributed by atoms with Crippen LogP contribution in [0.3, 0.4) is 0 Å². The molecule has 3 aromatic heterocycles. The standard InChI is InChI=1S/C18H20N4O2S2/c1-24-5-2-6-26(23)18-16(19)15-13(11-3-4-11)7-14(22-17(15)25-18)12-8-20-10-21-9-12/h7-11H,2-6,19H2,1H3/t26-/m0/s1. The zero-order chi connectivity index (χ0) is 18.1. The fraction of sp³-hybridized carbons (Fsp3) is 0.389. The predicted octanol–water partition coefficient (Wildman–Crippen LogP) is 3.36. The van der Waals surface area contributed by atoms with Crippen molar-refractivity contribution in [2.24, 2.45) is 0 Å². The van der Waals surface area contributed by atoms with Gasteiger partial charge in [-0.1, -0.05) is 0 Å². The molecule has 1 atom stereocenters. The van der Waals surface area contributed by atoms with Crippen LogP contribution in [-0.4, -0.2) is 38.6 Å². The molecule has 1 aliphatic rings. The Kier molecular flexibility index (Phi) is 4.97. The lowest BCUT2D eigenvalue weighted by Gasteiger charge is -2.07. The molecular weight excluding hydrogens is 368 g/mol. The zero-order valence-electron chi connectivity index (χ0n) is 14.5. The third-order valence-electron chi connectivity index (χ3n) is 4.45. The summed E-state index contributed by atoms with van der Waals surface area (Å²) in [6.45, 7) is 0.597. The molecule has 0 unspecified atom stereocenters. The van der Waals surface area contributed by atoms with Crippen LogP contribution in [0.2, 0.25) is 0 Å². The van der Waals surface area contributed by atoms with Gasteiger partial charge in [-0.25, -0.2) is 15.0 Å². The van der Waals surface area contributed by atoms with Crippen LogP contribution in [0.15, 0.2) is 29.0 Å². The van der Waals surface area contributed by atoms with Gasteiger partial charge >= 0.3 is 0 Å². The molecule has 136 valence electrons. The second kappa shape index (κ2) is 7.38. The summed E-state index contributed by atoms with van der Waals surface area (Å²) in [6, 6.07) is 2.10. The van der Waals surface area contributed by atoms with Crippen molar-refractivity contribution in [1.82, 2.24) is 15.0 Å². The summed E-state index contributed by atoms with van der Waals surface area (Å²) in [5, 5.41) is 0.980. The summed E-state index contributed by atoms with van der Waals surface area (Å²) >= 11 is 1.44. The number of fused-ring (bicyclic) bond motifs is 1. The molecule has 0 saturated heterocycles. The van der Waals surface area contributed by atoms with E-state index in [1.54, 1.807) is 19.5 Å². The summed E-state index contributed by atoms with van der Waals surface area (Å²) < 4.78 is 18.5.